The van der Waals surface area contributed by atoms with Crippen LogP contribution in [0, 0.1) is 5.82 Å². The standard InChI is InChI=1S/C23H23FN4O3/c1-23(2,3)31-22(30)27-12-18(14-29)28-19(13-27)20(15-8-10-25-11-9-15)21(26-28)16-4-6-17(24)7-5-16/h4-11,14,18H,12-13H2,1-3H3. The van der Waals surface area contributed by atoms with Crippen molar-refractivity contribution in [3.63, 3.8) is 0 Å². The first-order valence-electron chi connectivity index (χ1n) is 9.98. The quantitative estimate of drug-likeness (QED) is 0.590. The SMILES string of the molecule is CC(C)(C)OC(=O)N1Cc2c(-c3ccncc3)c(-c3ccc(F)cc3)nn2C(C=O)C1. The van der Waals surface area contributed by atoms with Crippen LogP contribution in [-0.4, -0.2) is 44.2 Å². The first-order chi connectivity index (χ1) is 14.8. The average Bonchev–Trinajstić information content (AvgIpc) is 3.12. The molecule has 1 amide bonds. The highest BCUT2D eigenvalue weighted by molar-refractivity contribution is 5.84. The number of fused-ring (bicyclic) bond motifs is 1. The van der Waals surface area contributed by atoms with E-state index in [1.165, 1.54) is 17.0 Å². The number of rotatable bonds is 3. The average molecular weight is 422 g/mol. The molecule has 0 spiro atoms. The number of carbonyl (C=O) groups is 2. The van der Waals surface area contributed by atoms with Gasteiger partial charge in [-0.2, -0.15) is 5.10 Å². The lowest BCUT2D eigenvalue weighted by atomic mass is 9.98. The Balaban J connectivity index is 1.85. The van der Waals surface area contributed by atoms with Crippen LogP contribution in [0.3, 0.4) is 0 Å². The fourth-order valence-corrected chi connectivity index (χ4v) is 3.64. The number of hydrogen-bond acceptors (Lipinski definition) is 5. The van der Waals surface area contributed by atoms with Crippen molar-refractivity contribution < 1.29 is 18.7 Å². The summed E-state index contributed by atoms with van der Waals surface area (Å²) in [6.45, 7) is 5.78. The molecule has 3 heterocycles. The molecule has 1 aromatic carbocycles. The number of hydrogen-bond donors (Lipinski definition) is 0. The predicted octanol–water partition coefficient (Wildman–Crippen LogP) is 4.24. The van der Waals surface area contributed by atoms with Crippen molar-refractivity contribution in [2.75, 3.05) is 6.54 Å². The number of aromatic nitrogens is 3. The third-order valence-electron chi connectivity index (χ3n) is 4.97. The normalized spacial score (nSPS) is 16.0. The van der Waals surface area contributed by atoms with Crippen LogP contribution in [0.5, 0.6) is 0 Å². The van der Waals surface area contributed by atoms with Crippen molar-refractivity contribution in [1.29, 1.82) is 0 Å². The Bertz CT molecular complexity index is 1100. The van der Waals surface area contributed by atoms with E-state index in [0.717, 1.165) is 17.4 Å². The van der Waals surface area contributed by atoms with E-state index >= 15 is 0 Å². The number of aldehydes is 1. The number of benzene rings is 1. The van der Waals surface area contributed by atoms with E-state index in [1.807, 2.05) is 12.1 Å². The molecule has 0 saturated heterocycles. The topological polar surface area (TPSA) is 77.3 Å². The molecule has 8 heteroatoms. The van der Waals surface area contributed by atoms with Gasteiger partial charge >= 0.3 is 6.09 Å². The molecule has 1 unspecified atom stereocenters. The van der Waals surface area contributed by atoms with Gasteiger partial charge < -0.3 is 9.53 Å². The van der Waals surface area contributed by atoms with E-state index in [0.29, 0.717) is 17.0 Å². The van der Waals surface area contributed by atoms with Gasteiger partial charge in [-0.15, -0.1) is 0 Å². The van der Waals surface area contributed by atoms with Crippen molar-refractivity contribution in [2.45, 2.75) is 39.0 Å². The maximum atomic E-state index is 13.5. The van der Waals surface area contributed by atoms with Crippen LogP contribution in [0.2, 0.25) is 0 Å². The molecule has 0 aliphatic carbocycles. The van der Waals surface area contributed by atoms with Crippen LogP contribution in [0.15, 0.2) is 48.8 Å². The summed E-state index contributed by atoms with van der Waals surface area (Å²) in [5.41, 5.74) is 2.99. The molecule has 4 rings (SSSR count). The summed E-state index contributed by atoms with van der Waals surface area (Å²) in [5, 5.41) is 4.71. The van der Waals surface area contributed by atoms with Gasteiger partial charge in [0.15, 0.2) is 0 Å². The Hall–Kier alpha value is -3.55. The number of carbonyl (C=O) groups excluding carboxylic acids is 2. The van der Waals surface area contributed by atoms with Crippen molar-refractivity contribution >= 4 is 12.4 Å². The predicted molar refractivity (Wildman–Crippen MR) is 113 cm³/mol. The molecular formula is C23H23FN4O3. The highest BCUT2D eigenvalue weighted by Crippen LogP contribution is 2.38. The van der Waals surface area contributed by atoms with Gasteiger partial charge in [0.25, 0.3) is 0 Å². The Morgan fingerprint density at radius 3 is 2.42 bits per heavy atom. The van der Waals surface area contributed by atoms with Crippen LogP contribution in [0.25, 0.3) is 22.4 Å². The number of nitrogens with zero attached hydrogens (tertiary/aromatic N) is 4. The zero-order chi connectivity index (χ0) is 22.2. The molecule has 160 valence electrons. The monoisotopic (exact) mass is 422 g/mol. The lowest BCUT2D eigenvalue weighted by molar-refractivity contribution is -0.111. The zero-order valence-corrected chi connectivity index (χ0v) is 17.6. The molecule has 0 bridgehead atoms. The maximum Gasteiger partial charge on any atom is 0.410 e. The van der Waals surface area contributed by atoms with Crippen LogP contribution >= 0.6 is 0 Å². The number of amides is 1. The van der Waals surface area contributed by atoms with E-state index in [9.17, 15) is 14.0 Å². The molecule has 1 atom stereocenters. The second kappa shape index (κ2) is 7.94. The highest BCUT2D eigenvalue weighted by Gasteiger charge is 2.35. The van der Waals surface area contributed by atoms with Crippen molar-refractivity contribution in [1.82, 2.24) is 19.7 Å². The van der Waals surface area contributed by atoms with Gasteiger partial charge in [0.1, 0.15) is 29.4 Å². The van der Waals surface area contributed by atoms with Crippen LogP contribution in [0.4, 0.5) is 9.18 Å². The first-order valence-corrected chi connectivity index (χ1v) is 9.98. The summed E-state index contributed by atoms with van der Waals surface area (Å²) in [6, 6.07) is 9.06. The van der Waals surface area contributed by atoms with Crippen molar-refractivity contribution in [3.05, 3.63) is 60.3 Å². The van der Waals surface area contributed by atoms with E-state index < -0.39 is 17.7 Å². The minimum absolute atomic E-state index is 0.158. The number of pyridine rings is 1. The van der Waals surface area contributed by atoms with Gasteiger partial charge in [0, 0.05) is 23.5 Å². The third-order valence-corrected chi connectivity index (χ3v) is 4.97. The summed E-state index contributed by atoms with van der Waals surface area (Å²) in [5.74, 6) is -0.347. The second-order valence-corrected chi connectivity index (χ2v) is 8.42. The maximum absolute atomic E-state index is 13.5. The number of halogens is 1. The van der Waals surface area contributed by atoms with E-state index in [-0.39, 0.29) is 18.9 Å². The van der Waals surface area contributed by atoms with Crippen LogP contribution < -0.4 is 0 Å². The fourth-order valence-electron chi connectivity index (χ4n) is 3.64. The Kier molecular flexibility index (Phi) is 5.31. The molecule has 2 aromatic heterocycles. The van der Waals surface area contributed by atoms with Crippen molar-refractivity contribution in [3.8, 4) is 22.4 Å². The van der Waals surface area contributed by atoms with Crippen LogP contribution in [-0.2, 0) is 16.1 Å². The lowest BCUT2D eigenvalue weighted by Gasteiger charge is -2.33. The van der Waals surface area contributed by atoms with Crippen molar-refractivity contribution in [2.24, 2.45) is 0 Å². The Morgan fingerprint density at radius 2 is 1.81 bits per heavy atom. The van der Waals surface area contributed by atoms with Gasteiger partial charge in [-0.05, 0) is 62.7 Å². The third kappa shape index (κ3) is 4.19. The molecule has 3 aromatic rings. The molecule has 1 aliphatic heterocycles. The van der Waals surface area contributed by atoms with Gasteiger partial charge in [-0.3, -0.25) is 14.6 Å². The molecule has 1 aliphatic rings. The molecule has 31 heavy (non-hydrogen) atoms. The summed E-state index contributed by atoms with van der Waals surface area (Å²) in [6.07, 6.45) is 3.62. The molecule has 0 radical (unpaired) electrons. The minimum Gasteiger partial charge on any atom is -0.444 e. The summed E-state index contributed by atoms with van der Waals surface area (Å²) >= 11 is 0. The van der Waals surface area contributed by atoms with E-state index in [4.69, 9.17) is 9.84 Å². The van der Waals surface area contributed by atoms with Gasteiger partial charge in [-0.1, -0.05) is 0 Å². The smallest absolute Gasteiger partial charge is 0.410 e. The van der Waals surface area contributed by atoms with Gasteiger partial charge in [0.05, 0.1) is 18.8 Å². The van der Waals surface area contributed by atoms with Crippen LogP contribution in [0.1, 0.15) is 32.5 Å². The molecule has 7 nitrogen and oxygen atoms in total. The van der Waals surface area contributed by atoms with Gasteiger partial charge in [-0.25, -0.2) is 9.18 Å². The first kappa shape index (κ1) is 20.7. The zero-order valence-electron chi connectivity index (χ0n) is 17.6. The molecule has 0 fully saturated rings. The Morgan fingerprint density at radius 1 is 1.13 bits per heavy atom. The fraction of sp³-hybridized carbons (Fsp3) is 0.304. The molecule has 0 saturated carbocycles. The van der Waals surface area contributed by atoms with E-state index in [2.05, 4.69) is 4.98 Å². The summed E-state index contributed by atoms with van der Waals surface area (Å²) in [4.78, 5) is 30.3. The largest absolute Gasteiger partial charge is 0.444 e. The highest BCUT2D eigenvalue weighted by atomic mass is 19.1. The summed E-state index contributed by atoms with van der Waals surface area (Å²) < 4.78 is 20.7. The molecule has 0 N–H and O–H groups in total. The second-order valence-electron chi connectivity index (χ2n) is 8.42. The summed E-state index contributed by atoms with van der Waals surface area (Å²) in [7, 11) is 0. The molecular weight excluding hydrogens is 399 g/mol. The Labute approximate surface area is 179 Å². The van der Waals surface area contributed by atoms with E-state index in [1.54, 1.807) is 50.0 Å². The van der Waals surface area contributed by atoms with Gasteiger partial charge in [0.2, 0.25) is 0 Å². The number of ether oxygens (including phenoxy) is 1. The lowest BCUT2D eigenvalue weighted by Crippen LogP contribution is -2.44. The minimum atomic E-state index is -0.661.